The molecule has 0 bridgehead atoms. The summed E-state index contributed by atoms with van der Waals surface area (Å²) >= 11 is 0. The zero-order valence-electron chi connectivity index (χ0n) is 12.4. The van der Waals surface area contributed by atoms with E-state index in [0.717, 1.165) is 25.9 Å². The van der Waals surface area contributed by atoms with Gasteiger partial charge in [0.15, 0.2) is 0 Å². The van der Waals surface area contributed by atoms with E-state index in [-0.39, 0.29) is 19.2 Å². The number of aliphatic hydroxyl groups excluding tert-OH is 1. The number of amides is 2. The first-order valence-corrected chi connectivity index (χ1v) is 7.67. The van der Waals surface area contributed by atoms with Gasteiger partial charge < -0.3 is 20.4 Å². The molecular formula is C14H25N3O4. The molecule has 0 unspecified atom stereocenters. The quantitative estimate of drug-likeness (QED) is 0.662. The molecule has 0 atom stereocenters. The largest absolute Gasteiger partial charge is 0.481 e. The van der Waals surface area contributed by atoms with Crippen molar-refractivity contribution >= 4 is 12.0 Å². The van der Waals surface area contributed by atoms with E-state index < -0.39 is 11.4 Å². The number of nitrogens with one attached hydrogen (secondary N) is 1. The van der Waals surface area contributed by atoms with Gasteiger partial charge in [0.25, 0.3) is 0 Å². The van der Waals surface area contributed by atoms with Crippen LogP contribution in [-0.2, 0) is 4.79 Å². The highest BCUT2D eigenvalue weighted by atomic mass is 16.4. The van der Waals surface area contributed by atoms with Crippen molar-refractivity contribution in [2.75, 3.05) is 45.9 Å². The first kappa shape index (κ1) is 16.0. The fraction of sp³-hybridized carbons (Fsp3) is 0.857. The molecule has 2 aliphatic rings. The molecule has 1 heterocycles. The van der Waals surface area contributed by atoms with Crippen LogP contribution in [0.2, 0.25) is 0 Å². The van der Waals surface area contributed by atoms with Gasteiger partial charge in [0.05, 0.1) is 12.0 Å². The van der Waals surface area contributed by atoms with Crippen LogP contribution in [0.5, 0.6) is 0 Å². The molecule has 1 aliphatic heterocycles. The minimum atomic E-state index is -0.798. The molecule has 2 fully saturated rings. The minimum absolute atomic E-state index is 0.132. The van der Waals surface area contributed by atoms with Gasteiger partial charge in [-0.2, -0.15) is 0 Å². The van der Waals surface area contributed by atoms with E-state index in [0.29, 0.717) is 32.5 Å². The first-order chi connectivity index (χ1) is 10.1. The third-order valence-corrected chi connectivity index (χ3v) is 4.67. The van der Waals surface area contributed by atoms with E-state index in [4.69, 9.17) is 5.11 Å². The number of carbonyl (C=O) groups is 2. The Morgan fingerprint density at radius 3 is 2.24 bits per heavy atom. The monoisotopic (exact) mass is 299 g/mol. The summed E-state index contributed by atoms with van der Waals surface area (Å²) in [7, 11) is 0. The maximum Gasteiger partial charge on any atom is 0.317 e. The normalized spacial score (nSPS) is 22.2. The molecule has 3 N–H and O–H groups in total. The maximum absolute atomic E-state index is 12.1. The predicted molar refractivity (Wildman–Crippen MR) is 77.0 cm³/mol. The number of nitrogens with zero attached hydrogens (tertiary/aromatic N) is 2. The lowest BCUT2D eigenvalue weighted by molar-refractivity contribution is -0.148. The average Bonchev–Trinajstić information content (AvgIpc) is 2.96. The Kier molecular flexibility index (Phi) is 5.41. The summed E-state index contributed by atoms with van der Waals surface area (Å²) in [6, 6.07) is -0.175. The van der Waals surface area contributed by atoms with Gasteiger partial charge in [0.1, 0.15) is 0 Å². The van der Waals surface area contributed by atoms with E-state index in [9.17, 15) is 14.7 Å². The Balaban J connectivity index is 1.78. The van der Waals surface area contributed by atoms with E-state index >= 15 is 0 Å². The van der Waals surface area contributed by atoms with Crippen molar-refractivity contribution in [3.05, 3.63) is 0 Å². The molecule has 0 aromatic heterocycles. The Morgan fingerprint density at radius 2 is 1.71 bits per heavy atom. The number of carbonyl (C=O) groups excluding carboxylic acids is 1. The molecule has 0 aromatic rings. The van der Waals surface area contributed by atoms with Crippen LogP contribution in [0.25, 0.3) is 0 Å². The number of carboxylic acid groups (broad SMARTS) is 1. The number of urea groups is 1. The lowest BCUT2D eigenvalue weighted by atomic mass is 9.86. The van der Waals surface area contributed by atoms with E-state index in [2.05, 4.69) is 10.2 Å². The molecule has 21 heavy (non-hydrogen) atoms. The topological polar surface area (TPSA) is 93.1 Å². The van der Waals surface area contributed by atoms with Crippen LogP contribution in [0.15, 0.2) is 0 Å². The highest BCUT2D eigenvalue weighted by Crippen LogP contribution is 2.37. The number of carboxylic acids is 1. The van der Waals surface area contributed by atoms with Gasteiger partial charge in [-0.3, -0.25) is 9.69 Å². The maximum atomic E-state index is 12.1. The van der Waals surface area contributed by atoms with Gasteiger partial charge >= 0.3 is 12.0 Å². The molecule has 1 saturated carbocycles. The van der Waals surface area contributed by atoms with Gasteiger partial charge in [-0.25, -0.2) is 4.79 Å². The summed E-state index contributed by atoms with van der Waals surface area (Å²) in [6.07, 6.45) is 3.13. The van der Waals surface area contributed by atoms with Crippen molar-refractivity contribution in [3.63, 3.8) is 0 Å². The smallest absolute Gasteiger partial charge is 0.317 e. The zero-order chi connectivity index (χ0) is 15.3. The van der Waals surface area contributed by atoms with Crippen LogP contribution in [-0.4, -0.2) is 77.9 Å². The van der Waals surface area contributed by atoms with Crippen LogP contribution in [0, 0.1) is 5.41 Å². The third-order valence-electron chi connectivity index (χ3n) is 4.67. The van der Waals surface area contributed by atoms with Gasteiger partial charge in [-0.15, -0.1) is 0 Å². The van der Waals surface area contributed by atoms with E-state index in [1.54, 1.807) is 4.90 Å². The molecule has 0 aromatic carbocycles. The number of hydrogen-bond acceptors (Lipinski definition) is 4. The van der Waals surface area contributed by atoms with E-state index in [1.807, 2.05) is 0 Å². The summed E-state index contributed by atoms with van der Waals surface area (Å²) in [5.41, 5.74) is -0.769. The molecule has 2 rings (SSSR count). The molecule has 120 valence electrons. The summed E-state index contributed by atoms with van der Waals surface area (Å²) in [6.45, 7) is 3.72. The van der Waals surface area contributed by atoms with Crippen LogP contribution < -0.4 is 5.32 Å². The van der Waals surface area contributed by atoms with Crippen molar-refractivity contribution in [1.29, 1.82) is 0 Å². The highest BCUT2D eigenvalue weighted by Gasteiger charge is 2.41. The molecule has 2 amide bonds. The number of piperazine rings is 1. The second kappa shape index (κ2) is 7.09. The zero-order valence-corrected chi connectivity index (χ0v) is 12.4. The van der Waals surface area contributed by atoms with Gasteiger partial charge in [0.2, 0.25) is 0 Å². The minimum Gasteiger partial charge on any atom is -0.481 e. The Bertz CT molecular complexity index is 374. The molecule has 7 heteroatoms. The van der Waals surface area contributed by atoms with Crippen molar-refractivity contribution in [3.8, 4) is 0 Å². The molecule has 0 radical (unpaired) electrons. The fourth-order valence-electron chi connectivity index (χ4n) is 3.19. The van der Waals surface area contributed by atoms with Crippen LogP contribution in [0.3, 0.4) is 0 Å². The lowest BCUT2D eigenvalue weighted by Gasteiger charge is -2.35. The van der Waals surface area contributed by atoms with Crippen LogP contribution >= 0.6 is 0 Å². The molecule has 1 saturated heterocycles. The number of rotatable bonds is 5. The van der Waals surface area contributed by atoms with Crippen molar-refractivity contribution in [2.24, 2.45) is 5.41 Å². The highest BCUT2D eigenvalue weighted by molar-refractivity contribution is 5.78. The molecule has 7 nitrogen and oxygen atoms in total. The Hall–Kier alpha value is -1.34. The van der Waals surface area contributed by atoms with Crippen LogP contribution in [0.4, 0.5) is 4.79 Å². The van der Waals surface area contributed by atoms with Crippen molar-refractivity contribution in [2.45, 2.75) is 25.7 Å². The summed E-state index contributed by atoms with van der Waals surface area (Å²) in [5.74, 6) is -0.798. The van der Waals surface area contributed by atoms with E-state index in [1.165, 1.54) is 0 Å². The van der Waals surface area contributed by atoms with Gasteiger partial charge in [-0.1, -0.05) is 12.8 Å². The number of aliphatic hydroxyl groups is 1. The van der Waals surface area contributed by atoms with Gasteiger partial charge in [0, 0.05) is 39.3 Å². The predicted octanol–water partition coefficient (Wildman–Crippen LogP) is -0.0491. The second-order valence-corrected chi connectivity index (χ2v) is 6.00. The molecule has 1 aliphatic carbocycles. The summed E-state index contributed by atoms with van der Waals surface area (Å²) < 4.78 is 0. The van der Waals surface area contributed by atoms with Crippen molar-refractivity contribution < 1.29 is 19.8 Å². The number of β-amino-alcohol motifs (C(OH)–C–C–N with tert-alkyl or cyclic N) is 1. The Morgan fingerprint density at radius 1 is 1.10 bits per heavy atom. The fourth-order valence-corrected chi connectivity index (χ4v) is 3.19. The summed E-state index contributed by atoms with van der Waals surface area (Å²) in [4.78, 5) is 27.4. The van der Waals surface area contributed by atoms with Gasteiger partial charge in [-0.05, 0) is 12.8 Å². The Labute approximate surface area is 124 Å². The standard InChI is InChI=1S/C14H25N3O4/c18-10-9-16-5-7-17(8-6-16)13(21)15-11-14(12(19)20)3-1-2-4-14/h18H,1-11H2,(H,15,21)(H,19,20). The number of hydrogen-bond donors (Lipinski definition) is 3. The van der Waals surface area contributed by atoms with Crippen LogP contribution in [0.1, 0.15) is 25.7 Å². The second-order valence-electron chi connectivity index (χ2n) is 6.00. The average molecular weight is 299 g/mol. The lowest BCUT2D eigenvalue weighted by Crippen LogP contribution is -2.53. The third kappa shape index (κ3) is 3.85. The SMILES string of the molecule is O=C(NCC1(C(=O)O)CCCC1)N1CCN(CCO)CC1. The van der Waals surface area contributed by atoms with Crippen molar-refractivity contribution in [1.82, 2.24) is 15.1 Å². The first-order valence-electron chi connectivity index (χ1n) is 7.67. The summed E-state index contributed by atoms with van der Waals surface area (Å²) in [5, 5.41) is 21.1. The molecular weight excluding hydrogens is 274 g/mol. The number of aliphatic carboxylic acids is 1. The molecule has 0 spiro atoms.